The van der Waals surface area contributed by atoms with E-state index in [1.165, 1.54) is 32.1 Å². The first kappa shape index (κ1) is 15.0. The molecule has 1 N–H and O–H groups in total. The van der Waals surface area contributed by atoms with Gasteiger partial charge in [0.15, 0.2) is 0 Å². The summed E-state index contributed by atoms with van der Waals surface area (Å²) < 4.78 is 0. The van der Waals surface area contributed by atoms with Gasteiger partial charge in [0, 0.05) is 12.6 Å². The van der Waals surface area contributed by atoms with Crippen molar-refractivity contribution in [2.45, 2.75) is 65.8 Å². The molecule has 0 bridgehead atoms. The Morgan fingerprint density at radius 1 is 1.00 bits per heavy atom. The van der Waals surface area contributed by atoms with Gasteiger partial charge in [0.25, 0.3) is 0 Å². The van der Waals surface area contributed by atoms with Crippen molar-refractivity contribution in [2.75, 3.05) is 20.2 Å². The molecule has 0 atom stereocenters. The predicted octanol–water partition coefficient (Wildman–Crippen LogP) is 3.30. The zero-order valence-electron chi connectivity index (χ0n) is 12.4. The molecule has 17 heavy (non-hydrogen) atoms. The number of hydrogen-bond donors (Lipinski definition) is 1. The summed E-state index contributed by atoms with van der Waals surface area (Å²) in [5, 5.41) is 9.19. The van der Waals surface area contributed by atoms with Gasteiger partial charge in [-0.3, -0.25) is 0 Å². The van der Waals surface area contributed by atoms with E-state index in [2.05, 4.69) is 39.6 Å². The van der Waals surface area contributed by atoms with E-state index in [0.717, 1.165) is 6.54 Å². The van der Waals surface area contributed by atoms with Crippen molar-refractivity contribution in [1.29, 1.82) is 0 Å². The standard InChI is InChI=1S/C15H31NO/c1-14(2)9-7-6-8-10-15(3,4)13(14)16(5)11-12-17/h13,17H,6-12H2,1-5H3. The molecule has 1 fully saturated rings. The zero-order chi connectivity index (χ0) is 13.1. The van der Waals surface area contributed by atoms with Crippen LogP contribution in [0.4, 0.5) is 0 Å². The summed E-state index contributed by atoms with van der Waals surface area (Å²) in [6.45, 7) is 10.7. The number of hydrogen-bond acceptors (Lipinski definition) is 2. The van der Waals surface area contributed by atoms with Crippen molar-refractivity contribution >= 4 is 0 Å². The molecule has 0 radical (unpaired) electrons. The second-order valence-electron chi connectivity index (χ2n) is 7.14. The highest BCUT2D eigenvalue weighted by molar-refractivity contribution is 4.96. The van der Waals surface area contributed by atoms with Crippen molar-refractivity contribution in [1.82, 2.24) is 4.90 Å². The molecule has 2 nitrogen and oxygen atoms in total. The lowest BCUT2D eigenvalue weighted by Crippen LogP contribution is -2.53. The fourth-order valence-electron chi connectivity index (χ4n) is 4.15. The molecule has 0 aromatic rings. The van der Waals surface area contributed by atoms with Crippen LogP contribution in [0.3, 0.4) is 0 Å². The fourth-order valence-corrected chi connectivity index (χ4v) is 4.15. The average Bonchev–Trinajstić information content (AvgIpc) is 2.14. The number of likely N-dealkylation sites (N-methyl/N-ethyl adjacent to an activating group) is 1. The number of rotatable bonds is 3. The van der Waals surface area contributed by atoms with Gasteiger partial charge < -0.3 is 10.0 Å². The number of aliphatic hydroxyl groups is 1. The summed E-state index contributed by atoms with van der Waals surface area (Å²) in [7, 11) is 2.17. The SMILES string of the molecule is CN(CCO)C1C(C)(C)CCCCCC1(C)C. The highest BCUT2D eigenvalue weighted by Gasteiger charge is 2.43. The largest absolute Gasteiger partial charge is 0.395 e. The van der Waals surface area contributed by atoms with Crippen molar-refractivity contribution in [3.63, 3.8) is 0 Å². The smallest absolute Gasteiger partial charge is 0.0558 e. The Labute approximate surface area is 107 Å². The quantitative estimate of drug-likeness (QED) is 0.819. The Morgan fingerprint density at radius 2 is 1.47 bits per heavy atom. The summed E-state index contributed by atoms with van der Waals surface area (Å²) in [4.78, 5) is 2.38. The monoisotopic (exact) mass is 241 g/mol. The van der Waals surface area contributed by atoms with Crippen molar-refractivity contribution in [3.8, 4) is 0 Å². The Bertz CT molecular complexity index is 217. The first-order valence-corrected chi connectivity index (χ1v) is 7.12. The maximum absolute atomic E-state index is 9.19. The van der Waals surface area contributed by atoms with Gasteiger partial charge >= 0.3 is 0 Å². The summed E-state index contributed by atoms with van der Waals surface area (Å²) in [5.74, 6) is 0. The Kier molecular flexibility index (Phi) is 5.03. The molecule has 102 valence electrons. The van der Waals surface area contributed by atoms with Crippen LogP contribution in [0.15, 0.2) is 0 Å². The minimum absolute atomic E-state index is 0.263. The normalized spacial score (nSPS) is 25.6. The summed E-state index contributed by atoms with van der Waals surface area (Å²) >= 11 is 0. The van der Waals surface area contributed by atoms with Crippen molar-refractivity contribution < 1.29 is 5.11 Å². The maximum Gasteiger partial charge on any atom is 0.0558 e. The van der Waals surface area contributed by atoms with Crippen LogP contribution in [0.25, 0.3) is 0 Å². The lowest BCUT2D eigenvalue weighted by molar-refractivity contribution is -0.0111. The lowest BCUT2D eigenvalue weighted by atomic mass is 9.63. The second kappa shape index (κ2) is 5.71. The zero-order valence-corrected chi connectivity index (χ0v) is 12.4. The van der Waals surface area contributed by atoms with E-state index in [0.29, 0.717) is 16.9 Å². The van der Waals surface area contributed by atoms with E-state index in [9.17, 15) is 5.11 Å². The molecule has 0 aliphatic heterocycles. The molecule has 0 aromatic heterocycles. The van der Waals surface area contributed by atoms with Crippen LogP contribution in [0, 0.1) is 10.8 Å². The molecule has 1 aliphatic carbocycles. The minimum atomic E-state index is 0.263. The second-order valence-corrected chi connectivity index (χ2v) is 7.14. The summed E-state index contributed by atoms with van der Waals surface area (Å²) in [5.41, 5.74) is 0.682. The highest BCUT2D eigenvalue weighted by atomic mass is 16.3. The van der Waals surface area contributed by atoms with E-state index in [4.69, 9.17) is 0 Å². The Morgan fingerprint density at radius 3 is 1.88 bits per heavy atom. The molecule has 0 unspecified atom stereocenters. The minimum Gasteiger partial charge on any atom is -0.395 e. The first-order valence-electron chi connectivity index (χ1n) is 7.12. The fraction of sp³-hybridized carbons (Fsp3) is 1.00. The third kappa shape index (κ3) is 3.69. The van der Waals surface area contributed by atoms with Gasteiger partial charge in [0.1, 0.15) is 0 Å². The Hall–Kier alpha value is -0.0800. The van der Waals surface area contributed by atoms with Crippen LogP contribution in [-0.2, 0) is 0 Å². The van der Waals surface area contributed by atoms with Gasteiger partial charge in [-0.25, -0.2) is 0 Å². The molecular weight excluding hydrogens is 210 g/mol. The van der Waals surface area contributed by atoms with Crippen molar-refractivity contribution in [2.24, 2.45) is 10.8 Å². The van der Waals surface area contributed by atoms with Gasteiger partial charge in [0.05, 0.1) is 6.61 Å². The van der Waals surface area contributed by atoms with Gasteiger partial charge in [-0.15, -0.1) is 0 Å². The van der Waals surface area contributed by atoms with Crippen LogP contribution in [-0.4, -0.2) is 36.2 Å². The van der Waals surface area contributed by atoms with Gasteiger partial charge in [-0.2, -0.15) is 0 Å². The van der Waals surface area contributed by atoms with E-state index in [1.807, 2.05) is 0 Å². The van der Waals surface area contributed by atoms with Gasteiger partial charge in [-0.05, 0) is 30.7 Å². The Balaban J connectivity index is 2.94. The lowest BCUT2D eigenvalue weighted by Gasteiger charge is -2.51. The van der Waals surface area contributed by atoms with E-state index >= 15 is 0 Å². The molecule has 0 heterocycles. The topological polar surface area (TPSA) is 23.5 Å². The van der Waals surface area contributed by atoms with Gasteiger partial charge in [-0.1, -0.05) is 47.0 Å². The molecule has 0 spiro atoms. The third-order valence-electron chi connectivity index (χ3n) is 4.52. The summed E-state index contributed by atoms with van der Waals surface area (Å²) in [6, 6.07) is 0.558. The summed E-state index contributed by atoms with van der Waals surface area (Å²) in [6.07, 6.45) is 6.69. The molecule has 1 rings (SSSR count). The molecule has 0 saturated heterocycles. The van der Waals surface area contributed by atoms with Crippen LogP contribution in [0.1, 0.15) is 59.8 Å². The number of nitrogens with zero attached hydrogens (tertiary/aromatic N) is 1. The van der Waals surface area contributed by atoms with E-state index < -0.39 is 0 Å². The number of aliphatic hydroxyl groups excluding tert-OH is 1. The van der Waals surface area contributed by atoms with E-state index in [-0.39, 0.29) is 6.61 Å². The third-order valence-corrected chi connectivity index (χ3v) is 4.52. The molecule has 1 aliphatic rings. The predicted molar refractivity (Wildman–Crippen MR) is 74.2 cm³/mol. The molecule has 0 aromatic carbocycles. The van der Waals surface area contributed by atoms with Crippen molar-refractivity contribution in [3.05, 3.63) is 0 Å². The average molecular weight is 241 g/mol. The van der Waals surface area contributed by atoms with Gasteiger partial charge in [0.2, 0.25) is 0 Å². The van der Waals surface area contributed by atoms with E-state index in [1.54, 1.807) is 0 Å². The molecule has 2 heteroatoms. The van der Waals surface area contributed by atoms with Crippen LogP contribution in [0.5, 0.6) is 0 Å². The van der Waals surface area contributed by atoms with Crippen LogP contribution in [0.2, 0.25) is 0 Å². The molecule has 0 amide bonds. The van der Waals surface area contributed by atoms with Crippen LogP contribution >= 0.6 is 0 Å². The first-order chi connectivity index (χ1) is 7.81. The highest BCUT2D eigenvalue weighted by Crippen LogP contribution is 2.45. The maximum atomic E-state index is 9.19. The molecular formula is C15H31NO. The molecule has 1 saturated carbocycles. The van der Waals surface area contributed by atoms with Crippen LogP contribution < -0.4 is 0 Å².